The minimum Gasteiger partial charge on any atom is -0.392 e. The third-order valence-electron chi connectivity index (χ3n) is 3.96. The predicted octanol–water partition coefficient (Wildman–Crippen LogP) is 4.05. The highest BCUT2D eigenvalue weighted by Gasteiger charge is 2.30. The van der Waals surface area contributed by atoms with E-state index in [1.165, 1.54) is 43.2 Å². The summed E-state index contributed by atoms with van der Waals surface area (Å²) in [6.07, 6.45) is 8.34. The molecule has 0 spiro atoms. The summed E-state index contributed by atoms with van der Waals surface area (Å²) in [6.45, 7) is 2.24. The van der Waals surface area contributed by atoms with Crippen LogP contribution in [0.4, 0.5) is 0 Å². The van der Waals surface area contributed by atoms with Crippen LogP contribution in [0.15, 0.2) is 24.3 Å². The Morgan fingerprint density at radius 1 is 1.18 bits per heavy atom. The van der Waals surface area contributed by atoms with Gasteiger partial charge in [-0.05, 0) is 24.0 Å². The first-order chi connectivity index (χ1) is 8.33. The highest BCUT2D eigenvalue weighted by molar-refractivity contribution is 5.40. The third kappa shape index (κ3) is 3.10. The van der Waals surface area contributed by atoms with Crippen molar-refractivity contribution in [2.24, 2.45) is 0 Å². The molecular weight excluding hydrogens is 208 g/mol. The Hall–Kier alpha value is -0.820. The van der Waals surface area contributed by atoms with E-state index < -0.39 is 0 Å². The minimum atomic E-state index is -0.119. The van der Waals surface area contributed by atoms with Crippen LogP contribution in [0.25, 0.3) is 0 Å². The summed E-state index contributed by atoms with van der Waals surface area (Å²) in [4.78, 5) is 0. The smallest absolute Gasteiger partial charge is 0.0612 e. The van der Waals surface area contributed by atoms with Crippen molar-refractivity contribution in [2.75, 3.05) is 0 Å². The number of benzene rings is 1. The molecule has 1 heteroatoms. The van der Waals surface area contributed by atoms with E-state index in [0.717, 1.165) is 12.8 Å². The second-order valence-corrected chi connectivity index (χ2v) is 5.28. The number of aliphatic hydroxyl groups is 1. The molecule has 0 bridgehead atoms. The van der Waals surface area contributed by atoms with Crippen LogP contribution < -0.4 is 0 Å². The van der Waals surface area contributed by atoms with Crippen LogP contribution in [0.5, 0.6) is 0 Å². The van der Waals surface area contributed by atoms with E-state index in [1.54, 1.807) is 0 Å². The maximum absolute atomic E-state index is 10.2. The molecule has 1 nitrogen and oxygen atoms in total. The summed E-state index contributed by atoms with van der Waals surface area (Å²) in [5.41, 5.74) is 2.82. The predicted molar refractivity (Wildman–Crippen MR) is 72.3 cm³/mol. The Labute approximate surface area is 105 Å². The molecule has 0 radical (unpaired) electrons. The van der Waals surface area contributed by atoms with E-state index in [2.05, 4.69) is 31.2 Å². The summed E-state index contributed by atoms with van der Waals surface area (Å²) in [5, 5.41) is 10.2. The summed E-state index contributed by atoms with van der Waals surface area (Å²) >= 11 is 0. The molecule has 2 rings (SSSR count). The first kappa shape index (κ1) is 12.6. The summed E-state index contributed by atoms with van der Waals surface area (Å²) in [6, 6.07) is 8.52. The van der Waals surface area contributed by atoms with E-state index in [1.807, 2.05) is 0 Å². The second kappa shape index (κ2) is 6.20. The van der Waals surface area contributed by atoms with Gasteiger partial charge >= 0.3 is 0 Å². The van der Waals surface area contributed by atoms with Gasteiger partial charge in [-0.2, -0.15) is 0 Å². The molecule has 1 aromatic carbocycles. The zero-order chi connectivity index (χ0) is 12.1. The molecule has 0 heterocycles. The van der Waals surface area contributed by atoms with Crippen LogP contribution in [-0.2, 0) is 6.42 Å². The monoisotopic (exact) mass is 232 g/mol. The number of fused-ring (bicyclic) bond motifs is 1. The Morgan fingerprint density at radius 2 is 1.94 bits per heavy atom. The lowest BCUT2D eigenvalue weighted by atomic mass is 9.73. The van der Waals surface area contributed by atoms with Gasteiger partial charge in [-0.1, -0.05) is 63.3 Å². The maximum atomic E-state index is 10.2. The molecule has 0 saturated carbocycles. The maximum Gasteiger partial charge on any atom is 0.0612 e. The standard InChI is InChI=1S/C16H24O/c1-2-3-4-5-6-11-16(17)15-12-13-9-7-8-10-14(13)15/h7-10,15-17H,2-6,11-12H2,1H3. The SMILES string of the molecule is CCCCCCCC(O)C1Cc2ccccc21. The lowest BCUT2D eigenvalue weighted by Crippen LogP contribution is -2.28. The van der Waals surface area contributed by atoms with Crippen LogP contribution in [0.2, 0.25) is 0 Å². The molecule has 17 heavy (non-hydrogen) atoms. The Balaban J connectivity index is 1.70. The number of hydrogen-bond donors (Lipinski definition) is 1. The first-order valence-corrected chi connectivity index (χ1v) is 7.08. The number of hydrogen-bond acceptors (Lipinski definition) is 1. The third-order valence-corrected chi connectivity index (χ3v) is 3.96. The number of aliphatic hydroxyl groups excluding tert-OH is 1. The molecule has 1 aromatic rings. The molecule has 1 aliphatic carbocycles. The molecule has 1 aliphatic rings. The highest BCUT2D eigenvalue weighted by Crippen LogP contribution is 2.38. The minimum absolute atomic E-state index is 0.119. The molecule has 0 amide bonds. The van der Waals surface area contributed by atoms with Crippen molar-refractivity contribution in [2.45, 2.75) is 63.9 Å². The Morgan fingerprint density at radius 3 is 2.71 bits per heavy atom. The molecular formula is C16H24O. The number of rotatable bonds is 7. The van der Waals surface area contributed by atoms with Crippen molar-refractivity contribution < 1.29 is 5.11 Å². The molecule has 1 N–H and O–H groups in total. The lowest BCUT2D eigenvalue weighted by Gasteiger charge is -2.34. The van der Waals surface area contributed by atoms with Gasteiger partial charge in [0.25, 0.3) is 0 Å². The fourth-order valence-corrected chi connectivity index (χ4v) is 2.80. The van der Waals surface area contributed by atoms with E-state index in [4.69, 9.17) is 0 Å². The van der Waals surface area contributed by atoms with E-state index in [0.29, 0.717) is 5.92 Å². The molecule has 0 saturated heterocycles. The lowest BCUT2D eigenvalue weighted by molar-refractivity contribution is 0.120. The first-order valence-electron chi connectivity index (χ1n) is 7.08. The molecule has 0 fully saturated rings. The largest absolute Gasteiger partial charge is 0.392 e. The van der Waals surface area contributed by atoms with Gasteiger partial charge < -0.3 is 5.11 Å². The number of unbranched alkanes of at least 4 members (excludes halogenated alkanes) is 4. The normalized spacial score (nSPS) is 19.5. The van der Waals surface area contributed by atoms with E-state index in [-0.39, 0.29) is 6.10 Å². The van der Waals surface area contributed by atoms with Crippen LogP contribution in [0, 0.1) is 0 Å². The van der Waals surface area contributed by atoms with Crippen molar-refractivity contribution in [3.8, 4) is 0 Å². The topological polar surface area (TPSA) is 20.2 Å². The van der Waals surface area contributed by atoms with E-state index >= 15 is 0 Å². The van der Waals surface area contributed by atoms with E-state index in [9.17, 15) is 5.11 Å². The van der Waals surface area contributed by atoms with Gasteiger partial charge in [0.1, 0.15) is 0 Å². The van der Waals surface area contributed by atoms with Crippen molar-refractivity contribution in [3.05, 3.63) is 35.4 Å². The van der Waals surface area contributed by atoms with Gasteiger partial charge in [-0.15, -0.1) is 0 Å². The van der Waals surface area contributed by atoms with Crippen LogP contribution >= 0.6 is 0 Å². The molecule has 0 aromatic heterocycles. The second-order valence-electron chi connectivity index (χ2n) is 5.28. The summed E-state index contributed by atoms with van der Waals surface area (Å²) in [7, 11) is 0. The highest BCUT2D eigenvalue weighted by atomic mass is 16.3. The van der Waals surface area contributed by atoms with Gasteiger partial charge in [0.05, 0.1) is 6.10 Å². The fourth-order valence-electron chi connectivity index (χ4n) is 2.80. The van der Waals surface area contributed by atoms with Crippen molar-refractivity contribution in [3.63, 3.8) is 0 Å². The Kier molecular flexibility index (Phi) is 4.61. The molecule has 0 aliphatic heterocycles. The average Bonchev–Trinajstić information content (AvgIpc) is 2.30. The van der Waals surface area contributed by atoms with Gasteiger partial charge in [-0.25, -0.2) is 0 Å². The van der Waals surface area contributed by atoms with Crippen molar-refractivity contribution in [1.29, 1.82) is 0 Å². The van der Waals surface area contributed by atoms with Crippen LogP contribution in [0.1, 0.15) is 62.5 Å². The van der Waals surface area contributed by atoms with Crippen molar-refractivity contribution >= 4 is 0 Å². The zero-order valence-electron chi connectivity index (χ0n) is 10.9. The van der Waals surface area contributed by atoms with Gasteiger partial charge in [0.15, 0.2) is 0 Å². The average molecular weight is 232 g/mol. The van der Waals surface area contributed by atoms with Crippen LogP contribution in [-0.4, -0.2) is 11.2 Å². The molecule has 94 valence electrons. The van der Waals surface area contributed by atoms with Crippen LogP contribution in [0.3, 0.4) is 0 Å². The molecule has 2 unspecified atom stereocenters. The van der Waals surface area contributed by atoms with Gasteiger partial charge in [-0.3, -0.25) is 0 Å². The van der Waals surface area contributed by atoms with Gasteiger partial charge in [0, 0.05) is 5.92 Å². The Bertz CT molecular complexity index is 345. The van der Waals surface area contributed by atoms with Gasteiger partial charge in [0.2, 0.25) is 0 Å². The summed E-state index contributed by atoms with van der Waals surface area (Å²) < 4.78 is 0. The summed E-state index contributed by atoms with van der Waals surface area (Å²) in [5.74, 6) is 0.414. The quantitative estimate of drug-likeness (QED) is 0.703. The molecule has 2 atom stereocenters. The zero-order valence-corrected chi connectivity index (χ0v) is 10.9. The fraction of sp³-hybridized carbons (Fsp3) is 0.625. The van der Waals surface area contributed by atoms with Crippen molar-refractivity contribution in [1.82, 2.24) is 0 Å².